The highest BCUT2D eigenvalue weighted by Gasteiger charge is 2.14. The molecule has 2 atom stereocenters. The van der Waals surface area contributed by atoms with Crippen molar-refractivity contribution < 1.29 is 14.7 Å². The van der Waals surface area contributed by atoms with Gasteiger partial charge in [-0.25, -0.2) is 0 Å². The Morgan fingerprint density at radius 3 is 2.44 bits per heavy atom. The van der Waals surface area contributed by atoms with Crippen molar-refractivity contribution in [2.75, 3.05) is 11.9 Å². The average Bonchev–Trinajstić information content (AvgIpc) is 2.38. The number of aliphatic hydroxyl groups is 1. The van der Waals surface area contributed by atoms with Gasteiger partial charge in [-0.05, 0) is 37.1 Å². The van der Waals surface area contributed by atoms with Gasteiger partial charge in [0.15, 0.2) is 0 Å². The number of anilines is 1. The SMILES string of the molecule is CC(CO)C(C)NC(=O)c1ccc(NC=O)cc1. The van der Waals surface area contributed by atoms with Gasteiger partial charge in [0.1, 0.15) is 0 Å². The van der Waals surface area contributed by atoms with Gasteiger partial charge in [0.05, 0.1) is 0 Å². The van der Waals surface area contributed by atoms with E-state index in [-0.39, 0.29) is 24.5 Å². The fourth-order valence-corrected chi connectivity index (χ4v) is 1.38. The summed E-state index contributed by atoms with van der Waals surface area (Å²) in [6.07, 6.45) is 0.583. The Morgan fingerprint density at radius 2 is 1.94 bits per heavy atom. The molecule has 2 unspecified atom stereocenters. The lowest BCUT2D eigenvalue weighted by Crippen LogP contribution is -2.38. The van der Waals surface area contributed by atoms with Gasteiger partial charge in [-0.2, -0.15) is 0 Å². The first-order valence-corrected chi connectivity index (χ1v) is 5.80. The van der Waals surface area contributed by atoms with Crippen LogP contribution in [0.25, 0.3) is 0 Å². The molecule has 0 saturated carbocycles. The van der Waals surface area contributed by atoms with Gasteiger partial charge < -0.3 is 15.7 Å². The van der Waals surface area contributed by atoms with Crippen LogP contribution in [0.4, 0.5) is 5.69 Å². The van der Waals surface area contributed by atoms with Crippen LogP contribution in [-0.2, 0) is 4.79 Å². The molecule has 98 valence electrons. The van der Waals surface area contributed by atoms with E-state index >= 15 is 0 Å². The average molecular weight is 250 g/mol. The van der Waals surface area contributed by atoms with Gasteiger partial charge in [-0.3, -0.25) is 9.59 Å². The molecule has 3 N–H and O–H groups in total. The molecule has 5 nitrogen and oxygen atoms in total. The molecule has 0 spiro atoms. The summed E-state index contributed by atoms with van der Waals surface area (Å²) in [5.74, 6) is -0.189. The van der Waals surface area contributed by atoms with Crippen molar-refractivity contribution in [1.29, 1.82) is 0 Å². The molecule has 0 bridgehead atoms. The summed E-state index contributed by atoms with van der Waals surface area (Å²) in [6.45, 7) is 3.74. The number of amides is 2. The topological polar surface area (TPSA) is 78.4 Å². The van der Waals surface area contributed by atoms with E-state index in [2.05, 4.69) is 10.6 Å². The first-order chi connectivity index (χ1) is 8.58. The summed E-state index contributed by atoms with van der Waals surface area (Å²) in [6, 6.07) is 6.48. The van der Waals surface area contributed by atoms with Gasteiger partial charge in [-0.1, -0.05) is 6.92 Å². The van der Waals surface area contributed by atoms with Crippen molar-refractivity contribution >= 4 is 18.0 Å². The molecule has 0 aliphatic carbocycles. The number of aliphatic hydroxyl groups excluding tert-OH is 1. The minimum absolute atomic E-state index is 0.00459. The highest BCUT2D eigenvalue weighted by molar-refractivity contribution is 5.94. The maximum absolute atomic E-state index is 11.9. The van der Waals surface area contributed by atoms with Crippen molar-refractivity contribution in [2.45, 2.75) is 19.9 Å². The first-order valence-electron chi connectivity index (χ1n) is 5.80. The number of hydrogen-bond donors (Lipinski definition) is 3. The molecular formula is C13H18N2O3. The van der Waals surface area contributed by atoms with Crippen LogP contribution in [0.2, 0.25) is 0 Å². The monoisotopic (exact) mass is 250 g/mol. The summed E-state index contributed by atoms with van der Waals surface area (Å²) in [4.78, 5) is 22.1. The summed E-state index contributed by atoms with van der Waals surface area (Å²) in [5, 5.41) is 14.3. The van der Waals surface area contributed by atoms with Gasteiger partial charge in [0.25, 0.3) is 5.91 Å². The van der Waals surface area contributed by atoms with Crippen molar-refractivity contribution in [1.82, 2.24) is 5.32 Å². The van der Waals surface area contributed by atoms with E-state index in [0.717, 1.165) is 0 Å². The summed E-state index contributed by atoms with van der Waals surface area (Å²) in [7, 11) is 0. The predicted molar refractivity (Wildman–Crippen MR) is 69.3 cm³/mol. The number of benzene rings is 1. The Hall–Kier alpha value is -1.88. The quantitative estimate of drug-likeness (QED) is 0.659. The van der Waals surface area contributed by atoms with E-state index in [1.807, 2.05) is 13.8 Å². The highest BCUT2D eigenvalue weighted by atomic mass is 16.3. The van der Waals surface area contributed by atoms with E-state index in [1.165, 1.54) is 0 Å². The second kappa shape index (κ2) is 6.76. The van der Waals surface area contributed by atoms with Crippen molar-refractivity contribution in [3.63, 3.8) is 0 Å². The molecular weight excluding hydrogens is 232 g/mol. The zero-order valence-corrected chi connectivity index (χ0v) is 10.5. The minimum Gasteiger partial charge on any atom is -0.396 e. The highest BCUT2D eigenvalue weighted by Crippen LogP contribution is 2.09. The molecule has 1 aromatic rings. The third-order valence-electron chi connectivity index (χ3n) is 2.87. The second-order valence-corrected chi connectivity index (χ2v) is 4.26. The van der Waals surface area contributed by atoms with E-state index in [9.17, 15) is 9.59 Å². The summed E-state index contributed by atoms with van der Waals surface area (Å²) in [5.41, 5.74) is 1.15. The number of hydrogen-bond acceptors (Lipinski definition) is 3. The molecule has 5 heteroatoms. The molecule has 0 aliphatic rings. The van der Waals surface area contributed by atoms with Crippen LogP contribution in [0, 0.1) is 5.92 Å². The van der Waals surface area contributed by atoms with Crippen LogP contribution >= 0.6 is 0 Å². The van der Waals surface area contributed by atoms with E-state index in [1.54, 1.807) is 24.3 Å². The van der Waals surface area contributed by atoms with Crippen LogP contribution in [-0.4, -0.2) is 30.1 Å². The lowest BCUT2D eigenvalue weighted by atomic mass is 10.0. The molecule has 1 aromatic carbocycles. The third kappa shape index (κ3) is 3.85. The Bertz CT molecular complexity index is 403. The zero-order chi connectivity index (χ0) is 13.5. The summed E-state index contributed by atoms with van der Waals surface area (Å²) < 4.78 is 0. The fraction of sp³-hybridized carbons (Fsp3) is 0.385. The lowest BCUT2D eigenvalue weighted by molar-refractivity contribution is -0.105. The molecule has 0 fully saturated rings. The number of carbonyl (C=O) groups is 2. The van der Waals surface area contributed by atoms with Gasteiger partial charge in [0, 0.05) is 23.9 Å². The normalized spacial score (nSPS) is 13.5. The second-order valence-electron chi connectivity index (χ2n) is 4.26. The Kier molecular flexibility index (Phi) is 5.32. The number of rotatable bonds is 6. The van der Waals surface area contributed by atoms with Crippen LogP contribution in [0.5, 0.6) is 0 Å². The van der Waals surface area contributed by atoms with Crippen molar-refractivity contribution in [3.8, 4) is 0 Å². The molecule has 2 amide bonds. The molecule has 18 heavy (non-hydrogen) atoms. The molecule has 0 heterocycles. The molecule has 0 aromatic heterocycles. The first kappa shape index (κ1) is 14.2. The lowest BCUT2D eigenvalue weighted by Gasteiger charge is -2.19. The molecule has 0 saturated heterocycles. The van der Waals surface area contributed by atoms with Crippen molar-refractivity contribution in [3.05, 3.63) is 29.8 Å². The summed E-state index contributed by atoms with van der Waals surface area (Å²) >= 11 is 0. The van der Waals surface area contributed by atoms with Crippen LogP contribution in [0.3, 0.4) is 0 Å². The van der Waals surface area contributed by atoms with Gasteiger partial charge in [0.2, 0.25) is 6.41 Å². The molecule has 1 rings (SSSR count). The number of nitrogens with one attached hydrogen (secondary N) is 2. The van der Waals surface area contributed by atoms with E-state index in [0.29, 0.717) is 17.7 Å². The van der Waals surface area contributed by atoms with Crippen molar-refractivity contribution in [2.24, 2.45) is 5.92 Å². The third-order valence-corrected chi connectivity index (χ3v) is 2.87. The largest absolute Gasteiger partial charge is 0.396 e. The van der Waals surface area contributed by atoms with Crippen LogP contribution < -0.4 is 10.6 Å². The Labute approximate surface area is 106 Å². The minimum atomic E-state index is -0.194. The van der Waals surface area contributed by atoms with E-state index < -0.39 is 0 Å². The van der Waals surface area contributed by atoms with Crippen LogP contribution in [0.15, 0.2) is 24.3 Å². The number of carbonyl (C=O) groups excluding carboxylic acids is 2. The molecule has 0 radical (unpaired) electrons. The molecule has 0 aliphatic heterocycles. The van der Waals surface area contributed by atoms with Crippen LogP contribution in [0.1, 0.15) is 24.2 Å². The predicted octanol–water partition coefficient (Wildman–Crippen LogP) is 1.00. The smallest absolute Gasteiger partial charge is 0.251 e. The van der Waals surface area contributed by atoms with E-state index in [4.69, 9.17) is 5.11 Å². The standard InChI is InChI=1S/C13H18N2O3/c1-9(7-16)10(2)15-13(18)11-3-5-12(6-4-11)14-8-17/h3-6,8-10,16H,7H2,1-2H3,(H,14,17)(H,15,18). The zero-order valence-electron chi connectivity index (χ0n) is 10.5. The van der Waals surface area contributed by atoms with Gasteiger partial charge in [-0.15, -0.1) is 0 Å². The maximum Gasteiger partial charge on any atom is 0.251 e. The van der Waals surface area contributed by atoms with Gasteiger partial charge >= 0.3 is 0 Å². The fourth-order valence-electron chi connectivity index (χ4n) is 1.38. The Morgan fingerprint density at radius 1 is 1.33 bits per heavy atom. The Balaban J connectivity index is 2.64. The maximum atomic E-state index is 11.9.